The van der Waals surface area contributed by atoms with Crippen LogP contribution < -0.4 is 10.2 Å². The van der Waals surface area contributed by atoms with Crippen LogP contribution in [0.1, 0.15) is 12.0 Å². The zero-order valence-corrected chi connectivity index (χ0v) is 18.3. The van der Waals surface area contributed by atoms with Crippen LogP contribution in [-0.4, -0.2) is 55.0 Å². The fraction of sp³-hybridized carbons (Fsp3) is 0.292. The smallest absolute Gasteiger partial charge is 0.253 e. The lowest BCUT2D eigenvalue weighted by Crippen LogP contribution is -2.49. The lowest BCUT2D eigenvalue weighted by atomic mass is 10.0. The molecular formula is C24H24ClN3O4. The molecule has 7 nitrogen and oxygen atoms in total. The van der Waals surface area contributed by atoms with Crippen LogP contribution in [-0.2, 0) is 25.5 Å². The Hall–Kier alpha value is -3.16. The van der Waals surface area contributed by atoms with Gasteiger partial charge in [0, 0.05) is 29.5 Å². The number of nitrogens with zero attached hydrogens (tertiary/aromatic N) is 2. The Labute approximate surface area is 191 Å². The first-order valence-corrected chi connectivity index (χ1v) is 10.9. The van der Waals surface area contributed by atoms with Gasteiger partial charge in [-0.05, 0) is 48.4 Å². The Morgan fingerprint density at radius 2 is 1.81 bits per heavy atom. The quantitative estimate of drug-likeness (QED) is 0.706. The van der Waals surface area contributed by atoms with Crippen LogP contribution in [0.5, 0.6) is 0 Å². The first-order valence-electron chi connectivity index (χ1n) is 10.5. The van der Waals surface area contributed by atoms with Crippen LogP contribution in [0.25, 0.3) is 0 Å². The second kappa shape index (κ2) is 9.97. The number of halogens is 1. The number of ether oxygens (including phenoxy) is 1. The largest absolute Gasteiger partial charge is 0.370 e. The van der Waals surface area contributed by atoms with Crippen LogP contribution in [0, 0.1) is 0 Å². The highest BCUT2D eigenvalue weighted by molar-refractivity contribution is 6.30. The molecule has 0 unspecified atom stereocenters. The number of benzene rings is 2. The Bertz CT molecular complexity index is 1020. The second-order valence-corrected chi connectivity index (χ2v) is 8.14. The summed E-state index contributed by atoms with van der Waals surface area (Å²) in [5.41, 5.74) is 2.22. The van der Waals surface area contributed by atoms with Crippen molar-refractivity contribution in [3.63, 3.8) is 0 Å². The molecule has 0 radical (unpaired) electrons. The third kappa shape index (κ3) is 5.18. The van der Waals surface area contributed by atoms with Crippen molar-refractivity contribution in [1.29, 1.82) is 0 Å². The van der Waals surface area contributed by atoms with E-state index in [1.165, 1.54) is 0 Å². The molecule has 4 rings (SSSR count). The highest BCUT2D eigenvalue weighted by atomic mass is 35.5. The van der Waals surface area contributed by atoms with Gasteiger partial charge in [-0.2, -0.15) is 0 Å². The van der Waals surface area contributed by atoms with E-state index >= 15 is 0 Å². The maximum atomic E-state index is 13.0. The van der Waals surface area contributed by atoms with Crippen LogP contribution >= 0.6 is 11.6 Å². The molecule has 1 fully saturated rings. The minimum Gasteiger partial charge on any atom is -0.370 e. The number of nitrogens with one attached hydrogen (secondary N) is 1. The molecule has 1 atom stereocenters. The molecule has 2 aliphatic rings. The molecule has 0 bridgehead atoms. The van der Waals surface area contributed by atoms with E-state index in [1.54, 1.807) is 46.2 Å². The first-order chi connectivity index (χ1) is 15.5. The topological polar surface area (TPSA) is 79.0 Å². The molecule has 1 saturated heterocycles. The van der Waals surface area contributed by atoms with E-state index in [2.05, 4.69) is 5.32 Å². The molecule has 166 valence electrons. The fourth-order valence-corrected chi connectivity index (χ4v) is 3.94. The van der Waals surface area contributed by atoms with Crippen molar-refractivity contribution in [2.75, 3.05) is 36.5 Å². The molecule has 0 aliphatic carbocycles. The summed E-state index contributed by atoms with van der Waals surface area (Å²) in [5.74, 6) is -0.441. The summed E-state index contributed by atoms with van der Waals surface area (Å²) in [6.07, 6.45) is 4.48. The van der Waals surface area contributed by atoms with Crippen molar-refractivity contribution in [2.45, 2.75) is 18.9 Å². The number of carbonyl (C=O) groups excluding carboxylic acids is 3. The number of carbonyl (C=O) groups is 3. The molecular weight excluding hydrogens is 430 g/mol. The lowest BCUT2D eigenvalue weighted by Gasteiger charge is -2.32. The lowest BCUT2D eigenvalue weighted by molar-refractivity contribution is -0.137. The third-order valence-electron chi connectivity index (χ3n) is 5.53. The van der Waals surface area contributed by atoms with Gasteiger partial charge in [0.05, 0.1) is 13.0 Å². The number of rotatable bonds is 5. The molecule has 2 aliphatic heterocycles. The summed E-state index contributed by atoms with van der Waals surface area (Å²) >= 11 is 5.92. The number of morpholine rings is 1. The molecule has 2 aromatic rings. The van der Waals surface area contributed by atoms with Gasteiger partial charge < -0.3 is 19.9 Å². The average Bonchev–Trinajstić information content (AvgIpc) is 2.81. The predicted molar refractivity (Wildman–Crippen MR) is 123 cm³/mol. The van der Waals surface area contributed by atoms with Gasteiger partial charge >= 0.3 is 0 Å². The maximum absolute atomic E-state index is 13.0. The van der Waals surface area contributed by atoms with E-state index < -0.39 is 6.04 Å². The number of hydrogen-bond acceptors (Lipinski definition) is 4. The van der Waals surface area contributed by atoms with Gasteiger partial charge in [-0.15, -0.1) is 0 Å². The third-order valence-corrected chi connectivity index (χ3v) is 5.78. The van der Waals surface area contributed by atoms with Crippen molar-refractivity contribution in [3.05, 3.63) is 71.3 Å². The van der Waals surface area contributed by atoms with E-state index in [9.17, 15) is 14.4 Å². The Kier molecular flexibility index (Phi) is 6.87. The highest BCUT2D eigenvalue weighted by Gasteiger charge is 2.30. The monoisotopic (exact) mass is 453 g/mol. The van der Waals surface area contributed by atoms with Crippen LogP contribution in [0.15, 0.2) is 60.7 Å². The fourth-order valence-electron chi connectivity index (χ4n) is 3.81. The maximum Gasteiger partial charge on any atom is 0.253 e. The molecule has 0 saturated carbocycles. The number of amides is 3. The Morgan fingerprint density at radius 3 is 2.53 bits per heavy atom. The molecule has 2 heterocycles. The van der Waals surface area contributed by atoms with Gasteiger partial charge in [-0.3, -0.25) is 14.4 Å². The summed E-state index contributed by atoms with van der Waals surface area (Å²) < 4.78 is 5.16. The summed E-state index contributed by atoms with van der Waals surface area (Å²) in [4.78, 5) is 41.1. The van der Waals surface area contributed by atoms with Crippen molar-refractivity contribution in [2.24, 2.45) is 0 Å². The van der Waals surface area contributed by atoms with Crippen LogP contribution in [0.3, 0.4) is 0 Å². The van der Waals surface area contributed by atoms with Gasteiger partial charge in [-0.25, -0.2) is 0 Å². The zero-order valence-electron chi connectivity index (χ0n) is 17.5. The number of anilines is 2. The molecule has 2 aromatic carbocycles. The van der Waals surface area contributed by atoms with Gasteiger partial charge in [-0.1, -0.05) is 35.9 Å². The molecule has 8 heteroatoms. The minimum atomic E-state index is -0.583. The highest BCUT2D eigenvalue weighted by Crippen LogP contribution is 2.21. The van der Waals surface area contributed by atoms with Crippen LogP contribution in [0.4, 0.5) is 11.4 Å². The van der Waals surface area contributed by atoms with Crippen molar-refractivity contribution < 1.29 is 19.1 Å². The molecule has 1 N–H and O–H groups in total. The predicted octanol–water partition coefficient (Wildman–Crippen LogP) is 3.04. The van der Waals surface area contributed by atoms with Crippen molar-refractivity contribution >= 4 is 40.7 Å². The minimum absolute atomic E-state index is 0.0770. The Balaban J connectivity index is 1.40. The molecule has 0 aromatic heterocycles. The zero-order chi connectivity index (χ0) is 22.5. The second-order valence-electron chi connectivity index (χ2n) is 7.71. The SMILES string of the molecule is O=C(Nc1ccc(N2CCOCC2=O)cc1)[C@@H]1CC=CCN1C(=O)Cc1ccc(Cl)cc1. The van der Waals surface area contributed by atoms with Gasteiger partial charge in [0.2, 0.25) is 11.8 Å². The summed E-state index contributed by atoms with van der Waals surface area (Å²) in [6, 6.07) is 13.7. The summed E-state index contributed by atoms with van der Waals surface area (Å²) in [5, 5.41) is 3.51. The van der Waals surface area contributed by atoms with E-state index in [-0.39, 0.29) is 30.7 Å². The van der Waals surface area contributed by atoms with Gasteiger partial charge in [0.25, 0.3) is 5.91 Å². The van der Waals surface area contributed by atoms with E-state index in [0.29, 0.717) is 36.8 Å². The van der Waals surface area contributed by atoms with Gasteiger partial charge in [0.1, 0.15) is 12.6 Å². The van der Waals surface area contributed by atoms with E-state index in [1.807, 2.05) is 24.3 Å². The first kappa shape index (κ1) is 22.0. The standard InChI is InChI=1S/C24H24ClN3O4/c25-18-6-4-17(5-7-18)15-22(29)28-12-2-1-3-21(28)24(31)26-19-8-10-20(11-9-19)27-13-14-32-16-23(27)30/h1-2,4-11,21H,3,12-16H2,(H,26,31)/t21-/m0/s1. The molecule has 0 spiro atoms. The Morgan fingerprint density at radius 1 is 1.06 bits per heavy atom. The van der Waals surface area contributed by atoms with Crippen molar-refractivity contribution in [1.82, 2.24) is 4.90 Å². The number of hydrogen-bond donors (Lipinski definition) is 1. The van der Waals surface area contributed by atoms with E-state index in [0.717, 1.165) is 11.3 Å². The van der Waals surface area contributed by atoms with E-state index in [4.69, 9.17) is 16.3 Å². The van der Waals surface area contributed by atoms with Crippen molar-refractivity contribution in [3.8, 4) is 0 Å². The van der Waals surface area contributed by atoms with Gasteiger partial charge in [0.15, 0.2) is 0 Å². The summed E-state index contributed by atoms with van der Waals surface area (Å²) in [7, 11) is 0. The average molecular weight is 454 g/mol. The van der Waals surface area contributed by atoms with Crippen LogP contribution in [0.2, 0.25) is 5.02 Å². The summed E-state index contributed by atoms with van der Waals surface area (Å²) in [6.45, 7) is 1.47. The normalized spacial score (nSPS) is 18.5. The molecule has 3 amide bonds. The molecule has 32 heavy (non-hydrogen) atoms.